The SMILES string of the molecule is CC(NC(=O)c1ccc(-c2ccccc2)n2c(=O)n(-c3ccccc3)c(=O)n12)C(N)=O. The van der Waals surface area contributed by atoms with E-state index in [0.717, 1.165) is 13.6 Å². The van der Waals surface area contributed by atoms with Gasteiger partial charge in [-0.15, -0.1) is 0 Å². The van der Waals surface area contributed by atoms with E-state index in [1.807, 2.05) is 6.07 Å². The third-order valence-electron chi connectivity index (χ3n) is 4.89. The van der Waals surface area contributed by atoms with Gasteiger partial charge in [-0.3, -0.25) is 9.59 Å². The molecule has 1 unspecified atom stereocenters. The van der Waals surface area contributed by atoms with Crippen LogP contribution in [0.1, 0.15) is 17.4 Å². The Kier molecular flexibility index (Phi) is 5.00. The van der Waals surface area contributed by atoms with Crippen molar-refractivity contribution in [2.24, 2.45) is 5.73 Å². The molecule has 2 aromatic carbocycles. The minimum atomic E-state index is -0.958. The predicted octanol–water partition coefficient (Wildman–Crippen LogP) is 0.821. The van der Waals surface area contributed by atoms with Crippen LogP contribution in [0.5, 0.6) is 0 Å². The second kappa shape index (κ2) is 7.79. The Labute approximate surface area is 176 Å². The Bertz CT molecular complexity index is 1400. The zero-order valence-corrected chi connectivity index (χ0v) is 16.6. The standard InChI is InChI=1S/C22H19N5O4/c1-14(19(23)28)24-20(29)18-13-12-17(15-8-4-2-5-9-15)26-21(30)25(22(31)27(18)26)16-10-6-3-7-11-16/h2-14H,1H3,(H2,23,28)(H,24,29). The highest BCUT2D eigenvalue weighted by molar-refractivity contribution is 5.96. The van der Waals surface area contributed by atoms with Crippen molar-refractivity contribution in [2.75, 3.05) is 0 Å². The van der Waals surface area contributed by atoms with Gasteiger partial charge in [-0.1, -0.05) is 48.5 Å². The van der Waals surface area contributed by atoms with Crippen molar-refractivity contribution in [2.45, 2.75) is 13.0 Å². The number of nitrogens with one attached hydrogen (secondary N) is 1. The summed E-state index contributed by atoms with van der Waals surface area (Å²) in [7, 11) is 0. The molecule has 0 saturated heterocycles. The molecule has 1 atom stereocenters. The summed E-state index contributed by atoms with van der Waals surface area (Å²) >= 11 is 0. The molecular weight excluding hydrogens is 398 g/mol. The second-order valence-corrected chi connectivity index (χ2v) is 6.93. The molecular formula is C22H19N5O4. The van der Waals surface area contributed by atoms with Crippen LogP contribution in [0.2, 0.25) is 0 Å². The fourth-order valence-electron chi connectivity index (χ4n) is 3.30. The average Bonchev–Trinajstić information content (AvgIpc) is 3.05. The van der Waals surface area contributed by atoms with Gasteiger partial charge < -0.3 is 11.1 Å². The smallest absolute Gasteiger partial charge is 0.357 e. The van der Waals surface area contributed by atoms with Gasteiger partial charge in [0, 0.05) is 5.56 Å². The Morgan fingerprint density at radius 3 is 2.03 bits per heavy atom. The number of fused-ring (bicyclic) bond motifs is 1. The monoisotopic (exact) mass is 417 g/mol. The fraction of sp³-hybridized carbons (Fsp3) is 0.0909. The van der Waals surface area contributed by atoms with Crippen molar-refractivity contribution in [3.05, 3.63) is 99.5 Å². The molecule has 9 nitrogen and oxygen atoms in total. The molecule has 4 aromatic rings. The molecule has 0 fully saturated rings. The number of amides is 2. The number of carbonyl (C=O) groups is 2. The zero-order chi connectivity index (χ0) is 22.1. The predicted molar refractivity (Wildman–Crippen MR) is 114 cm³/mol. The van der Waals surface area contributed by atoms with E-state index in [4.69, 9.17) is 5.73 Å². The summed E-state index contributed by atoms with van der Waals surface area (Å²) in [6.07, 6.45) is 0. The lowest BCUT2D eigenvalue weighted by molar-refractivity contribution is -0.119. The van der Waals surface area contributed by atoms with Crippen molar-refractivity contribution in [1.82, 2.24) is 18.9 Å². The van der Waals surface area contributed by atoms with E-state index in [1.165, 1.54) is 13.0 Å². The Morgan fingerprint density at radius 2 is 1.42 bits per heavy atom. The van der Waals surface area contributed by atoms with Crippen LogP contribution in [0.4, 0.5) is 0 Å². The number of nitrogens with two attached hydrogens (primary N) is 1. The first-order valence-electron chi connectivity index (χ1n) is 9.51. The molecule has 4 rings (SSSR count). The highest BCUT2D eigenvalue weighted by atomic mass is 16.2. The summed E-state index contributed by atoms with van der Waals surface area (Å²) in [6, 6.07) is 19.5. The number of rotatable bonds is 5. The third kappa shape index (κ3) is 3.42. The zero-order valence-electron chi connectivity index (χ0n) is 16.6. The molecule has 2 heterocycles. The topological polar surface area (TPSA) is 120 Å². The third-order valence-corrected chi connectivity index (χ3v) is 4.89. The summed E-state index contributed by atoms with van der Waals surface area (Å²) in [5, 5.41) is 2.44. The Hall–Kier alpha value is -4.40. The number of hydrogen-bond donors (Lipinski definition) is 2. The largest absolute Gasteiger partial charge is 0.368 e. The van der Waals surface area contributed by atoms with Gasteiger partial charge in [0.1, 0.15) is 11.7 Å². The number of nitrogens with zero attached hydrogens (tertiary/aromatic N) is 3. The fourth-order valence-corrected chi connectivity index (χ4v) is 3.30. The maximum absolute atomic E-state index is 13.3. The van der Waals surface area contributed by atoms with E-state index >= 15 is 0 Å². The van der Waals surface area contributed by atoms with Gasteiger partial charge in [0.2, 0.25) is 5.91 Å². The number of primary amides is 1. The van der Waals surface area contributed by atoms with E-state index in [0.29, 0.717) is 16.9 Å². The molecule has 31 heavy (non-hydrogen) atoms. The highest BCUT2D eigenvalue weighted by Crippen LogP contribution is 2.18. The van der Waals surface area contributed by atoms with E-state index in [2.05, 4.69) is 5.32 Å². The molecule has 0 saturated carbocycles. The number of hydrogen-bond acceptors (Lipinski definition) is 4. The van der Waals surface area contributed by atoms with Crippen LogP contribution in [-0.2, 0) is 4.79 Å². The van der Waals surface area contributed by atoms with Crippen LogP contribution in [0.3, 0.4) is 0 Å². The first-order valence-corrected chi connectivity index (χ1v) is 9.51. The van der Waals surface area contributed by atoms with Crippen LogP contribution in [0.25, 0.3) is 16.9 Å². The molecule has 0 aliphatic carbocycles. The van der Waals surface area contributed by atoms with E-state index in [9.17, 15) is 19.2 Å². The molecule has 2 aromatic heterocycles. The van der Waals surface area contributed by atoms with Crippen molar-refractivity contribution in [1.29, 1.82) is 0 Å². The van der Waals surface area contributed by atoms with E-state index in [1.54, 1.807) is 60.7 Å². The molecule has 0 spiro atoms. The van der Waals surface area contributed by atoms with Gasteiger partial charge in [-0.2, -0.15) is 9.03 Å². The Morgan fingerprint density at radius 1 is 0.839 bits per heavy atom. The normalized spacial score (nSPS) is 11.9. The first kappa shape index (κ1) is 19.9. The second-order valence-electron chi connectivity index (χ2n) is 6.93. The van der Waals surface area contributed by atoms with Crippen LogP contribution in [-0.4, -0.2) is 31.5 Å². The van der Waals surface area contributed by atoms with Crippen LogP contribution in [0, 0.1) is 0 Å². The van der Waals surface area contributed by atoms with Gasteiger partial charge >= 0.3 is 11.4 Å². The van der Waals surface area contributed by atoms with Crippen molar-refractivity contribution < 1.29 is 9.59 Å². The molecule has 0 bridgehead atoms. The maximum Gasteiger partial charge on any atom is 0.357 e. The Balaban J connectivity index is 2.04. The summed E-state index contributed by atoms with van der Waals surface area (Å²) in [5.41, 5.74) is 5.25. The molecule has 0 aliphatic heterocycles. The minimum absolute atomic E-state index is 0.107. The molecule has 0 radical (unpaired) electrons. The summed E-state index contributed by atoms with van der Waals surface area (Å²) in [5.74, 6) is -1.44. The highest BCUT2D eigenvalue weighted by Gasteiger charge is 2.23. The van der Waals surface area contributed by atoms with Gasteiger partial charge in [-0.05, 0) is 31.2 Å². The van der Waals surface area contributed by atoms with Gasteiger partial charge in [0.15, 0.2) is 0 Å². The first-order chi connectivity index (χ1) is 14.9. The quantitative estimate of drug-likeness (QED) is 0.499. The van der Waals surface area contributed by atoms with E-state index in [-0.39, 0.29) is 5.69 Å². The van der Waals surface area contributed by atoms with E-state index < -0.39 is 29.2 Å². The molecule has 156 valence electrons. The van der Waals surface area contributed by atoms with Crippen LogP contribution in [0.15, 0.2) is 82.4 Å². The van der Waals surface area contributed by atoms with Crippen LogP contribution >= 0.6 is 0 Å². The summed E-state index contributed by atoms with van der Waals surface area (Å²) < 4.78 is 3.13. The average molecular weight is 417 g/mol. The number of carbonyl (C=O) groups excluding carboxylic acids is 2. The number of benzene rings is 2. The molecule has 0 aliphatic rings. The van der Waals surface area contributed by atoms with Gasteiger partial charge in [0.25, 0.3) is 5.91 Å². The van der Waals surface area contributed by atoms with Crippen molar-refractivity contribution in [3.63, 3.8) is 0 Å². The van der Waals surface area contributed by atoms with Crippen molar-refractivity contribution >= 4 is 11.8 Å². The molecule has 2 amide bonds. The molecule has 9 heteroatoms. The van der Waals surface area contributed by atoms with Gasteiger partial charge in [0.05, 0.1) is 11.4 Å². The summed E-state index contributed by atoms with van der Waals surface area (Å²) in [4.78, 5) is 50.8. The van der Waals surface area contributed by atoms with Gasteiger partial charge in [-0.25, -0.2) is 14.2 Å². The minimum Gasteiger partial charge on any atom is -0.368 e. The lowest BCUT2D eigenvalue weighted by Gasteiger charge is -2.13. The number of para-hydroxylation sites is 1. The van der Waals surface area contributed by atoms with Crippen molar-refractivity contribution in [3.8, 4) is 16.9 Å². The van der Waals surface area contributed by atoms with Crippen LogP contribution < -0.4 is 22.4 Å². The summed E-state index contributed by atoms with van der Waals surface area (Å²) in [6.45, 7) is 1.43. The maximum atomic E-state index is 13.3. The number of aromatic nitrogens is 3. The lowest BCUT2D eigenvalue weighted by atomic mass is 10.1. The molecule has 3 N–H and O–H groups in total. The lowest BCUT2D eigenvalue weighted by Crippen LogP contribution is -2.43.